The molecule has 2 aromatic rings. The number of anilines is 1. The molecule has 2 aliphatic heterocycles. The molecular formula is C23H29F4N5O3. The molecule has 0 aliphatic carbocycles. The first-order chi connectivity index (χ1) is 16.0. The Bertz CT molecular complexity index is 1120. The Morgan fingerprint density at radius 1 is 1.31 bits per heavy atom. The van der Waals surface area contributed by atoms with Crippen molar-refractivity contribution in [3.8, 4) is 0 Å². The van der Waals surface area contributed by atoms with Crippen LogP contribution in [0.5, 0.6) is 0 Å². The second-order valence-corrected chi connectivity index (χ2v) is 8.67. The summed E-state index contributed by atoms with van der Waals surface area (Å²) in [6.07, 6.45) is -4.59. The number of carbonyl (C=O) groups is 2. The Morgan fingerprint density at radius 3 is 2.69 bits per heavy atom. The minimum atomic E-state index is -4.89. The minimum Gasteiger partial charge on any atom is -0.393 e. The van der Waals surface area contributed by atoms with Crippen LogP contribution >= 0.6 is 0 Å². The minimum absolute atomic E-state index is 0. The molecule has 3 amide bonds. The number of aromatic nitrogens is 2. The molecule has 2 atom stereocenters. The third kappa shape index (κ3) is 5.12. The summed E-state index contributed by atoms with van der Waals surface area (Å²) >= 11 is 0. The highest BCUT2D eigenvalue weighted by atomic mass is 19.4. The fourth-order valence-electron chi connectivity index (χ4n) is 4.47. The van der Waals surface area contributed by atoms with Crippen LogP contribution in [0.4, 0.5) is 28.0 Å². The van der Waals surface area contributed by atoms with Crippen LogP contribution in [0.25, 0.3) is 0 Å². The highest BCUT2D eigenvalue weighted by Gasteiger charge is 2.37. The molecular weight excluding hydrogens is 470 g/mol. The molecule has 2 N–H and O–H groups in total. The number of urea groups is 1. The van der Waals surface area contributed by atoms with E-state index in [2.05, 4.69) is 10.4 Å². The number of fused-ring (bicyclic) bond motifs is 3. The predicted octanol–water partition coefficient (Wildman–Crippen LogP) is 3.74. The number of halogens is 4. The van der Waals surface area contributed by atoms with E-state index in [1.165, 1.54) is 9.80 Å². The highest BCUT2D eigenvalue weighted by Crippen LogP contribution is 2.33. The van der Waals surface area contributed by atoms with Crippen LogP contribution in [-0.4, -0.2) is 62.9 Å². The maximum atomic E-state index is 13.5. The van der Waals surface area contributed by atoms with Gasteiger partial charge in [-0.3, -0.25) is 9.48 Å². The van der Waals surface area contributed by atoms with E-state index in [4.69, 9.17) is 0 Å². The van der Waals surface area contributed by atoms with Gasteiger partial charge in [-0.05, 0) is 24.6 Å². The Kier molecular flexibility index (Phi) is 7.44. The van der Waals surface area contributed by atoms with Gasteiger partial charge < -0.3 is 20.2 Å². The van der Waals surface area contributed by atoms with Crippen LogP contribution in [-0.2, 0) is 25.7 Å². The number of aliphatic hydroxyl groups excluding tert-OH is 1. The van der Waals surface area contributed by atoms with Gasteiger partial charge in [0.05, 0.1) is 23.9 Å². The summed E-state index contributed by atoms with van der Waals surface area (Å²) in [7, 11) is 1.65. The van der Waals surface area contributed by atoms with Crippen LogP contribution in [0.15, 0.2) is 18.2 Å². The molecule has 3 heterocycles. The number of nitrogens with zero attached hydrogens (tertiary/aromatic N) is 4. The molecule has 12 heteroatoms. The zero-order valence-corrected chi connectivity index (χ0v) is 18.7. The van der Waals surface area contributed by atoms with Crippen molar-refractivity contribution in [1.82, 2.24) is 19.6 Å². The summed E-state index contributed by atoms with van der Waals surface area (Å²) in [4.78, 5) is 28.8. The van der Waals surface area contributed by atoms with Gasteiger partial charge in [-0.25, -0.2) is 9.18 Å². The van der Waals surface area contributed by atoms with E-state index in [0.717, 1.165) is 6.07 Å². The highest BCUT2D eigenvalue weighted by molar-refractivity contribution is 5.95. The molecule has 2 unspecified atom stereocenters. The number of benzene rings is 1. The fraction of sp³-hybridized carbons (Fsp3) is 0.522. The monoisotopic (exact) mass is 499 g/mol. The van der Waals surface area contributed by atoms with Crippen LogP contribution in [0, 0.1) is 11.7 Å². The second kappa shape index (κ2) is 9.84. The summed E-state index contributed by atoms with van der Waals surface area (Å²) in [5.74, 6) is -1.89. The lowest BCUT2D eigenvalue weighted by atomic mass is 10.0. The van der Waals surface area contributed by atoms with E-state index in [1.54, 1.807) is 11.7 Å². The molecule has 0 bridgehead atoms. The Hall–Kier alpha value is -3.15. The first-order valence-corrected chi connectivity index (χ1v) is 10.9. The van der Waals surface area contributed by atoms with E-state index >= 15 is 0 Å². The van der Waals surface area contributed by atoms with Crippen molar-refractivity contribution in [2.24, 2.45) is 5.92 Å². The van der Waals surface area contributed by atoms with Gasteiger partial charge in [-0.2, -0.15) is 18.3 Å². The molecule has 0 fully saturated rings. The molecule has 0 spiro atoms. The number of rotatable bonds is 3. The first-order valence-electron chi connectivity index (χ1n) is 10.9. The van der Waals surface area contributed by atoms with Gasteiger partial charge in [0.1, 0.15) is 11.5 Å². The van der Waals surface area contributed by atoms with E-state index in [-0.39, 0.29) is 38.0 Å². The van der Waals surface area contributed by atoms with Gasteiger partial charge in [0.15, 0.2) is 0 Å². The van der Waals surface area contributed by atoms with E-state index in [9.17, 15) is 32.3 Å². The smallest absolute Gasteiger partial charge is 0.393 e. The largest absolute Gasteiger partial charge is 0.419 e. The molecule has 0 saturated carbocycles. The summed E-state index contributed by atoms with van der Waals surface area (Å²) in [6.45, 7) is 2.87. The SMILES string of the molecule is C.CCC(O)C1CN(C)C(=O)c2c3c(nn2C1)CCN(C(=O)Nc1ccc(F)c(C(F)(F)F)c1)C3. The summed E-state index contributed by atoms with van der Waals surface area (Å²) in [6, 6.07) is 1.59. The number of carbonyl (C=O) groups excluding carboxylic acids is 2. The van der Waals surface area contributed by atoms with Crippen molar-refractivity contribution >= 4 is 17.6 Å². The standard InChI is InChI=1S/C22H25F4N5O3.CH4/c1-3-18(32)12-9-29(2)20(33)19-14-11-30(7-6-17(14)28-31(19)10-12)21(34)27-13-4-5-16(23)15(8-13)22(24,25)26;/h4-5,8,12,18,32H,3,6-7,9-11H2,1-2H3,(H,27,34);1H4. The zero-order chi connectivity index (χ0) is 24.8. The van der Waals surface area contributed by atoms with Crippen LogP contribution in [0.1, 0.15) is 48.1 Å². The van der Waals surface area contributed by atoms with Gasteiger partial charge in [-0.1, -0.05) is 14.4 Å². The lowest BCUT2D eigenvalue weighted by Crippen LogP contribution is -2.40. The number of amides is 3. The van der Waals surface area contributed by atoms with Crippen LogP contribution in [0.2, 0.25) is 0 Å². The van der Waals surface area contributed by atoms with Gasteiger partial charge in [0, 0.05) is 50.3 Å². The maximum Gasteiger partial charge on any atom is 0.419 e. The van der Waals surface area contributed by atoms with Gasteiger partial charge in [-0.15, -0.1) is 0 Å². The van der Waals surface area contributed by atoms with E-state index in [1.807, 2.05) is 6.92 Å². The Morgan fingerprint density at radius 2 is 2.03 bits per heavy atom. The number of hydrogen-bond donors (Lipinski definition) is 2. The average molecular weight is 500 g/mol. The Balaban J connectivity index is 0.00000342. The molecule has 0 radical (unpaired) electrons. The predicted molar refractivity (Wildman–Crippen MR) is 120 cm³/mol. The topological polar surface area (TPSA) is 90.7 Å². The van der Waals surface area contributed by atoms with Crippen molar-refractivity contribution < 1.29 is 32.3 Å². The molecule has 35 heavy (non-hydrogen) atoms. The van der Waals surface area contributed by atoms with Gasteiger partial charge in [0.25, 0.3) is 5.91 Å². The number of alkyl halides is 3. The van der Waals surface area contributed by atoms with Crippen molar-refractivity contribution in [2.75, 3.05) is 25.5 Å². The van der Waals surface area contributed by atoms with Gasteiger partial charge in [0.2, 0.25) is 0 Å². The number of hydrogen-bond acceptors (Lipinski definition) is 4. The molecule has 0 saturated heterocycles. The normalized spacial score (nSPS) is 18.8. The van der Waals surface area contributed by atoms with E-state index < -0.39 is 29.7 Å². The molecule has 8 nitrogen and oxygen atoms in total. The lowest BCUT2D eigenvalue weighted by molar-refractivity contribution is -0.139. The maximum absolute atomic E-state index is 13.5. The summed E-state index contributed by atoms with van der Waals surface area (Å²) in [5, 5.41) is 17.3. The molecule has 1 aromatic carbocycles. The number of aliphatic hydroxyl groups is 1. The van der Waals surface area contributed by atoms with Crippen molar-refractivity contribution in [1.29, 1.82) is 0 Å². The van der Waals surface area contributed by atoms with Gasteiger partial charge >= 0.3 is 12.2 Å². The summed E-state index contributed by atoms with van der Waals surface area (Å²) < 4.78 is 54.1. The average Bonchev–Trinajstić information content (AvgIpc) is 3.08. The summed E-state index contributed by atoms with van der Waals surface area (Å²) in [5.41, 5.74) is -0.0494. The van der Waals surface area contributed by atoms with E-state index in [0.29, 0.717) is 55.0 Å². The van der Waals surface area contributed by atoms with Crippen molar-refractivity contribution in [3.05, 3.63) is 46.5 Å². The quantitative estimate of drug-likeness (QED) is 0.630. The second-order valence-electron chi connectivity index (χ2n) is 8.67. The van der Waals surface area contributed by atoms with Crippen molar-refractivity contribution in [2.45, 2.75) is 52.6 Å². The molecule has 2 aliphatic rings. The van der Waals surface area contributed by atoms with Crippen molar-refractivity contribution in [3.63, 3.8) is 0 Å². The first kappa shape index (κ1) is 26.5. The Labute approximate surface area is 200 Å². The molecule has 1 aromatic heterocycles. The third-order valence-corrected chi connectivity index (χ3v) is 6.34. The zero-order valence-electron chi connectivity index (χ0n) is 18.7. The molecule has 192 valence electrons. The lowest BCUT2D eigenvalue weighted by Gasteiger charge is -2.28. The van der Waals surface area contributed by atoms with Crippen LogP contribution in [0.3, 0.4) is 0 Å². The number of nitrogens with one attached hydrogen (secondary N) is 1. The molecule has 4 rings (SSSR count). The fourth-order valence-corrected chi connectivity index (χ4v) is 4.47. The third-order valence-electron chi connectivity index (χ3n) is 6.34. The van der Waals surface area contributed by atoms with Crippen LogP contribution < -0.4 is 5.32 Å².